The van der Waals surface area contributed by atoms with Crippen molar-refractivity contribution in [1.29, 1.82) is 0 Å². The summed E-state index contributed by atoms with van der Waals surface area (Å²) in [5.74, 6) is -0.435. The van der Waals surface area contributed by atoms with Gasteiger partial charge in [0.05, 0.1) is 15.7 Å². The zero-order valence-corrected chi connectivity index (χ0v) is 12.7. The molecule has 0 fully saturated rings. The molecule has 3 rings (SSSR count). The molecule has 0 aliphatic rings. The number of aromatic nitrogens is 1. The minimum absolute atomic E-state index is 0.123. The van der Waals surface area contributed by atoms with Crippen molar-refractivity contribution in [2.75, 3.05) is 0 Å². The number of phenolic OH excluding ortho intramolecular Hbond substituents is 1. The van der Waals surface area contributed by atoms with Gasteiger partial charge >= 0.3 is 0 Å². The van der Waals surface area contributed by atoms with Gasteiger partial charge in [-0.15, -0.1) is 0 Å². The van der Waals surface area contributed by atoms with Gasteiger partial charge in [0, 0.05) is 10.9 Å². The lowest BCUT2D eigenvalue weighted by Crippen LogP contribution is -1.86. The molecule has 0 aliphatic carbocycles. The highest BCUT2D eigenvalue weighted by molar-refractivity contribution is 6.39. The molecule has 1 N–H and O–H groups in total. The van der Waals surface area contributed by atoms with Gasteiger partial charge in [-0.2, -0.15) is 0 Å². The minimum Gasteiger partial charge on any atom is -0.504 e. The molecule has 5 heteroatoms. The maximum Gasteiger partial charge on any atom is 0.160 e. The van der Waals surface area contributed by atoms with Gasteiger partial charge in [0.15, 0.2) is 5.75 Å². The van der Waals surface area contributed by atoms with Crippen LogP contribution in [0.5, 0.6) is 5.75 Å². The van der Waals surface area contributed by atoms with Gasteiger partial charge in [0.1, 0.15) is 11.3 Å². The Kier molecular flexibility index (Phi) is 4.01. The molecule has 1 aromatic heterocycles. The first-order valence-electron chi connectivity index (χ1n) is 6.46. The van der Waals surface area contributed by atoms with E-state index < -0.39 is 0 Å². The highest BCUT2D eigenvalue weighted by atomic mass is 35.5. The molecular formula is C17H10Cl2FNO. The van der Waals surface area contributed by atoms with E-state index in [2.05, 4.69) is 4.98 Å². The lowest BCUT2D eigenvalue weighted by molar-refractivity contribution is 0.480. The summed E-state index contributed by atoms with van der Waals surface area (Å²) in [5, 5.41) is 11.2. The second kappa shape index (κ2) is 5.95. The monoisotopic (exact) mass is 333 g/mol. The standard InChI is InChI=1S/C17H10Cl2FNO/c18-13-9-14(19)17(22)16-12(13)8-7-11(21-16)6-5-10-3-1-2-4-15(10)20/h1-9,22H/b6-5+. The van der Waals surface area contributed by atoms with Crippen LogP contribution in [0.15, 0.2) is 42.5 Å². The molecule has 0 unspecified atom stereocenters. The van der Waals surface area contributed by atoms with Crippen LogP contribution in [0.25, 0.3) is 23.1 Å². The molecule has 0 aliphatic heterocycles. The predicted molar refractivity (Wildman–Crippen MR) is 88.8 cm³/mol. The first kappa shape index (κ1) is 14.8. The van der Waals surface area contributed by atoms with Crippen LogP contribution in [-0.2, 0) is 0 Å². The van der Waals surface area contributed by atoms with Crippen LogP contribution < -0.4 is 0 Å². The van der Waals surface area contributed by atoms with E-state index in [1.807, 2.05) is 0 Å². The Balaban J connectivity index is 2.06. The van der Waals surface area contributed by atoms with Crippen LogP contribution in [-0.4, -0.2) is 10.1 Å². The number of aromatic hydroxyl groups is 1. The van der Waals surface area contributed by atoms with Gasteiger partial charge in [-0.1, -0.05) is 41.4 Å². The van der Waals surface area contributed by atoms with Crippen molar-refractivity contribution in [3.8, 4) is 5.75 Å². The number of benzene rings is 2. The number of phenols is 1. The summed E-state index contributed by atoms with van der Waals surface area (Å²) in [4.78, 5) is 4.31. The fraction of sp³-hybridized carbons (Fsp3) is 0. The summed E-state index contributed by atoms with van der Waals surface area (Å²) >= 11 is 12.0. The first-order chi connectivity index (χ1) is 10.6. The molecule has 0 bridgehead atoms. The zero-order valence-electron chi connectivity index (χ0n) is 11.2. The van der Waals surface area contributed by atoms with Crippen LogP contribution >= 0.6 is 23.2 Å². The zero-order chi connectivity index (χ0) is 15.7. The quantitative estimate of drug-likeness (QED) is 0.666. The van der Waals surface area contributed by atoms with E-state index in [4.69, 9.17) is 23.2 Å². The molecule has 1 heterocycles. The number of hydrogen-bond donors (Lipinski definition) is 1. The lowest BCUT2D eigenvalue weighted by Gasteiger charge is -2.05. The summed E-state index contributed by atoms with van der Waals surface area (Å²) in [7, 11) is 0. The van der Waals surface area contributed by atoms with Crippen molar-refractivity contribution in [3.05, 3.63) is 69.6 Å². The molecule has 0 saturated heterocycles. The third kappa shape index (κ3) is 2.78. The average Bonchev–Trinajstić information content (AvgIpc) is 2.52. The SMILES string of the molecule is Oc1c(Cl)cc(Cl)c2ccc(/C=C/c3ccccc3F)nc12. The maximum absolute atomic E-state index is 13.6. The number of hydrogen-bond acceptors (Lipinski definition) is 2. The van der Waals surface area contributed by atoms with Crippen molar-refractivity contribution in [1.82, 2.24) is 4.98 Å². The van der Waals surface area contributed by atoms with E-state index in [9.17, 15) is 9.50 Å². The van der Waals surface area contributed by atoms with Crippen LogP contribution in [0.4, 0.5) is 4.39 Å². The Labute approximate surface area is 136 Å². The Morgan fingerprint density at radius 3 is 2.55 bits per heavy atom. The van der Waals surface area contributed by atoms with Gasteiger partial charge in [-0.3, -0.25) is 0 Å². The van der Waals surface area contributed by atoms with Crippen LogP contribution in [0.1, 0.15) is 11.3 Å². The van der Waals surface area contributed by atoms with Crippen molar-refractivity contribution in [2.24, 2.45) is 0 Å². The normalized spacial score (nSPS) is 11.4. The van der Waals surface area contributed by atoms with Gasteiger partial charge < -0.3 is 5.11 Å². The number of pyridine rings is 1. The molecule has 110 valence electrons. The third-order valence-electron chi connectivity index (χ3n) is 3.22. The van der Waals surface area contributed by atoms with Crippen molar-refractivity contribution >= 4 is 46.3 Å². The molecule has 2 aromatic carbocycles. The van der Waals surface area contributed by atoms with Gasteiger partial charge in [-0.25, -0.2) is 9.37 Å². The predicted octanol–water partition coefficient (Wildman–Crippen LogP) is 5.56. The maximum atomic E-state index is 13.6. The van der Waals surface area contributed by atoms with E-state index in [0.717, 1.165) is 0 Å². The van der Waals surface area contributed by atoms with Crippen molar-refractivity contribution in [3.63, 3.8) is 0 Å². The molecule has 2 nitrogen and oxygen atoms in total. The summed E-state index contributed by atoms with van der Waals surface area (Å²) < 4.78 is 13.6. The highest BCUT2D eigenvalue weighted by Gasteiger charge is 2.10. The highest BCUT2D eigenvalue weighted by Crippen LogP contribution is 2.36. The van der Waals surface area contributed by atoms with E-state index in [1.165, 1.54) is 12.1 Å². The smallest absolute Gasteiger partial charge is 0.160 e. The molecule has 22 heavy (non-hydrogen) atoms. The molecule has 0 saturated carbocycles. The number of nitrogens with zero attached hydrogens (tertiary/aromatic N) is 1. The fourth-order valence-corrected chi connectivity index (χ4v) is 2.61. The summed E-state index contributed by atoms with van der Waals surface area (Å²) in [6, 6.07) is 11.4. The summed E-state index contributed by atoms with van der Waals surface area (Å²) in [6.45, 7) is 0. The topological polar surface area (TPSA) is 33.1 Å². The second-order valence-corrected chi connectivity index (χ2v) is 5.49. The van der Waals surface area contributed by atoms with E-state index in [0.29, 0.717) is 27.2 Å². The minimum atomic E-state index is -0.312. The van der Waals surface area contributed by atoms with E-state index >= 15 is 0 Å². The van der Waals surface area contributed by atoms with Crippen LogP contribution in [0, 0.1) is 5.82 Å². The van der Waals surface area contributed by atoms with Gasteiger partial charge in [-0.05, 0) is 36.4 Å². The Bertz CT molecular complexity index is 893. The lowest BCUT2D eigenvalue weighted by atomic mass is 10.1. The van der Waals surface area contributed by atoms with E-state index in [1.54, 1.807) is 42.5 Å². The number of fused-ring (bicyclic) bond motifs is 1. The molecular weight excluding hydrogens is 324 g/mol. The molecule has 0 spiro atoms. The Hall–Kier alpha value is -2.10. The second-order valence-electron chi connectivity index (χ2n) is 4.68. The van der Waals surface area contributed by atoms with Gasteiger partial charge in [0.25, 0.3) is 0 Å². The number of rotatable bonds is 2. The van der Waals surface area contributed by atoms with Crippen LogP contribution in [0.2, 0.25) is 10.0 Å². The number of halogens is 3. The Morgan fingerprint density at radius 1 is 1.00 bits per heavy atom. The molecule has 0 amide bonds. The third-order valence-corrected chi connectivity index (χ3v) is 3.82. The fourth-order valence-electron chi connectivity index (χ4n) is 2.10. The Morgan fingerprint density at radius 2 is 1.77 bits per heavy atom. The summed E-state index contributed by atoms with van der Waals surface area (Å²) in [5.41, 5.74) is 1.33. The van der Waals surface area contributed by atoms with E-state index in [-0.39, 0.29) is 16.6 Å². The molecule has 0 radical (unpaired) electrons. The van der Waals surface area contributed by atoms with Crippen molar-refractivity contribution < 1.29 is 9.50 Å². The average molecular weight is 334 g/mol. The van der Waals surface area contributed by atoms with Crippen molar-refractivity contribution in [2.45, 2.75) is 0 Å². The molecule has 0 atom stereocenters. The van der Waals surface area contributed by atoms with Gasteiger partial charge in [0.2, 0.25) is 0 Å². The summed E-state index contributed by atoms with van der Waals surface area (Å²) in [6.07, 6.45) is 3.28. The largest absolute Gasteiger partial charge is 0.504 e. The first-order valence-corrected chi connectivity index (χ1v) is 7.22. The molecule has 3 aromatic rings. The van der Waals surface area contributed by atoms with Crippen LogP contribution in [0.3, 0.4) is 0 Å².